The molecule has 0 amide bonds. The van der Waals surface area contributed by atoms with E-state index in [0.29, 0.717) is 35.8 Å². The van der Waals surface area contributed by atoms with E-state index < -0.39 is 23.8 Å². The first-order valence-electron chi connectivity index (χ1n) is 9.48. The Hall–Kier alpha value is -2.04. The molecule has 1 unspecified atom stereocenters. The molecule has 1 atom stereocenters. The van der Waals surface area contributed by atoms with Crippen LogP contribution in [0.1, 0.15) is 18.2 Å². The van der Waals surface area contributed by atoms with Gasteiger partial charge in [-0.2, -0.15) is 13.2 Å². The zero-order valence-corrected chi connectivity index (χ0v) is 19.9. The van der Waals surface area contributed by atoms with Crippen molar-refractivity contribution >= 4 is 57.3 Å². The van der Waals surface area contributed by atoms with Crippen LogP contribution in [0.15, 0.2) is 67.1 Å². The van der Waals surface area contributed by atoms with Gasteiger partial charge in [0.15, 0.2) is 9.94 Å². The lowest BCUT2D eigenvalue weighted by molar-refractivity contribution is -0.266. The first-order chi connectivity index (χ1) is 15.5. The summed E-state index contributed by atoms with van der Waals surface area (Å²) >= 11 is 14.0. The Morgan fingerprint density at radius 2 is 1.82 bits per heavy atom. The van der Waals surface area contributed by atoms with E-state index in [-0.39, 0.29) is 10.5 Å². The number of benzene rings is 2. The Kier molecular flexibility index (Phi) is 6.54. The summed E-state index contributed by atoms with van der Waals surface area (Å²) in [5, 5.41) is 11.6. The van der Waals surface area contributed by atoms with Gasteiger partial charge in [-0.15, -0.1) is 11.3 Å². The van der Waals surface area contributed by atoms with Gasteiger partial charge in [-0.3, -0.25) is 0 Å². The highest BCUT2D eigenvalue weighted by Gasteiger charge is 2.54. The first kappa shape index (κ1) is 24.1. The number of hydrogen-bond donors (Lipinski definition) is 1. The fraction of sp³-hybridized carbons (Fsp3) is 0.182. The summed E-state index contributed by atoms with van der Waals surface area (Å²) in [6.07, 6.45) is -4.31. The SMILES string of the molecule is CCC(O)(c1cnc(Sc2ccc3c(-c4cc(Cl)cc(Cl)c4)cc(=O)oc3c2)s1)C(F)(F)F. The van der Waals surface area contributed by atoms with Gasteiger partial charge in [0, 0.05) is 32.6 Å². The van der Waals surface area contributed by atoms with E-state index in [9.17, 15) is 23.1 Å². The topological polar surface area (TPSA) is 63.3 Å². The van der Waals surface area contributed by atoms with Gasteiger partial charge in [-0.05, 0) is 53.9 Å². The first-order valence-corrected chi connectivity index (χ1v) is 11.9. The lowest BCUT2D eigenvalue weighted by Gasteiger charge is -2.27. The molecule has 4 rings (SSSR count). The van der Waals surface area contributed by atoms with Gasteiger partial charge in [-0.1, -0.05) is 41.9 Å². The molecule has 0 aliphatic rings. The molecule has 2 heterocycles. The van der Waals surface area contributed by atoms with E-state index in [2.05, 4.69) is 4.98 Å². The molecule has 0 saturated carbocycles. The smallest absolute Gasteiger partial charge is 0.422 e. The van der Waals surface area contributed by atoms with Crippen LogP contribution in [0, 0.1) is 0 Å². The molecule has 0 aliphatic carbocycles. The van der Waals surface area contributed by atoms with Crippen LogP contribution in [0.25, 0.3) is 22.1 Å². The quantitative estimate of drug-likeness (QED) is 0.269. The Bertz CT molecular complexity index is 1380. The van der Waals surface area contributed by atoms with Gasteiger partial charge in [0.05, 0.1) is 4.88 Å². The van der Waals surface area contributed by atoms with Crippen molar-refractivity contribution in [3.8, 4) is 11.1 Å². The highest BCUT2D eigenvalue weighted by molar-refractivity contribution is 8.01. The normalized spacial score (nSPS) is 13.9. The summed E-state index contributed by atoms with van der Waals surface area (Å²) in [6, 6.07) is 11.3. The molecule has 4 aromatic rings. The number of alkyl halides is 3. The van der Waals surface area contributed by atoms with Crippen molar-refractivity contribution in [3.05, 3.63) is 74.0 Å². The third-order valence-electron chi connectivity index (χ3n) is 4.97. The Morgan fingerprint density at radius 3 is 2.45 bits per heavy atom. The number of halogens is 5. The number of aromatic nitrogens is 1. The Balaban J connectivity index is 1.70. The molecule has 0 fully saturated rings. The maximum absolute atomic E-state index is 13.3. The minimum Gasteiger partial charge on any atom is -0.423 e. The van der Waals surface area contributed by atoms with E-state index in [1.807, 2.05) is 0 Å². The molecule has 11 heteroatoms. The zero-order chi connectivity index (χ0) is 24.0. The molecule has 172 valence electrons. The summed E-state index contributed by atoms with van der Waals surface area (Å²) in [7, 11) is 0. The van der Waals surface area contributed by atoms with Gasteiger partial charge in [0.1, 0.15) is 5.58 Å². The highest BCUT2D eigenvalue weighted by Crippen LogP contribution is 2.45. The van der Waals surface area contributed by atoms with Crippen LogP contribution in [0.5, 0.6) is 0 Å². The van der Waals surface area contributed by atoms with Gasteiger partial charge in [-0.25, -0.2) is 9.78 Å². The second-order valence-electron chi connectivity index (χ2n) is 7.10. The monoisotopic (exact) mass is 531 g/mol. The Labute approximate surface area is 204 Å². The van der Waals surface area contributed by atoms with Crippen LogP contribution < -0.4 is 5.63 Å². The fourth-order valence-corrected chi connectivity index (χ4v) is 5.95. The predicted molar refractivity (Wildman–Crippen MR) is 124 cm³/mol. The lowest BCUT2D eigenvalue weighted by Crippen LogP contribution is -2.40. The van der Waals surface area contributed by atoms with E-state index in [0.717, 1.165) is 29.3 Å². The summed E-state index contributed by atoms with van der Waals surface area (Å²) in [6.45, 7) is 1.26. The van der Waals surface area contributed by atoms with Crippen LogP contribution in [0.2, 0.25) is 10.0 Å². The molecule has 0 spiro atoms. The third-order valence-corrected chi connectivity index (χ3v) is 7.62. The van der Waals surface area contributed by atoms with Crippen LogP contribution in [-0.2, 0) is 5.60 Å². The molecule has 0 saturated heterocycles. The largest absolute Gasteiger partial charge is 0.423 e. The average Bonchev–Trinajstić information content (AvgIpc) is 3.19. The average molecular weight is 532 g/mol. The predicted octanol–water partition coefficient (Wildman–Crippen LogP) is 7.53. The second kappa shape index (κ2) is 8.96. The summed E-state index contributed by atoms with van der Waals surface area (Å²) in [4.78, 5) is 16.5. The minimum absolute atomic E-state index is 0.285. The van der Waals surface area contributed by atoms with E-state index in [1.54, 1.807) is 36.4 Å². The van der Waals surface area contributed by atoms with E-state index in [4.69, 9.17) is 27.6 Å². The highest BCUT2D eigenvalue weighted by atomic mass is 35.5. The zero-order valence-electron chi connectivity index (χ0n) is 16.7. The van der Waals surface area contributed by atoms with Crippen LogP contribution in [0.3, 0.4) is 0 Å². The van der Waals surface area contributed by atoms with E-state index in [1.165, 1.54) is 13.0 Å². The molecular formula is C22H14Cl2F3NO3S2. The molecule has 2 aromatic carbocycles. The number of nitrogens with zero attached hydrogens (tertiary/aromatic N) is 1. The number of fused-ring (bicyclic) bond motifs is 1. The molecule has 2 aromatic heterocycles. The van der Waals surface area contributed by atoms with Crippen molar-refractivity contribution in [2.45, 2.75) is 34.4 Å². The summed E-state index contributed by atoms with van der Waals surface area (Å²) in [5.41, 5.74) is -2.02. The molecule has 0 aliphatic heterocycles. The molecule has 0 radical (unpaired) electrons. The van der Waals surface area contributed by atoms with E-state index >= 15 is 0 Å². The number of hydrogen-bond acceptors (Lipinski definition) is 6. The molecule has 33 heavy (non-hydrogen) atoms. The molecule has 0 bridgehead atoms. The van der Waals surface area contributed by atoms with Gasteiger partial charge in [0.2, 0.25) is 0 Å². The summed E-state index contributed by atoms with van der Waals surface area (Å²) in [5.74, 6) is 0. The van der Waals surface area contributed by atoms with Crippen molar-refractivity contribution < 1.29 is 22.7 Å². The second-order valence-corrected chi connectivity index (χ2v) is 10.3. The van der Waals surface area contributed by atoms with Crippen molar-refractivity contribution in [1.29, 1.82) is 0 Å². The third kappa shape index (κ3) is 4.79. The fourth-order valence-electron chi connectivity index (χ4n) is 3.27. The van der Waals surface area contributed by atoms with Gasteiger partial charge in [0.25, 0.3) is 0 Å². The molecule has 1 N–H and O–H groups in total. The summed E-state index contributed by atoms with van der Waals surface area (Å²) < 4.78 is 45.6. The standard InChI is InChI=1S/C22H14Cl2F3NO3S2/c1-2-21(30,22(25,26)27)18-10-28-20(33-18)32-14-3-4-15-16(9-19(29)31-17(15)8-14)11-5-12(23)7-13(24)6-11/h3-10,30H,2H2,1H3. The maximum atomic E-state index is 13.3. The van der Waals surface area contributed by atoms with Crippen molar-refractivity contribution in [1.82, 2.24) is 4.98 Å². The number of aliphatic hydroxyl groups is 1. The minimum atomic E-state index is -4.82. The number of thiazole rings is 1. The molecule has 4 nitrogen and oxygen atoms in total. The van der Waals surface area contributed by atoms with Crippen molar-refractivity contribution in [3.63, 3.8) is 0 Å². The lowest BCUT2D eigenvalue weighted by atomic mass is 9.99. The van der Waals surface area contributed by atoms with Crippen molar-refractivity contribution in [2.75, 3.05) is 0 Å². The van der Waals surface area contributed by atoms with Gasteiger partial charge < -0.3 is 9.52 Å². The maximum Gasteiger partial charge on any atom is 0.422 e. The van der Waals surface area contributed by atoms with Crippen molar-refractivity contribution in [2.24, 2.45) is 0 Å². The van der Waals surface area contributed by atoms with Crippen LogP contribution in [0.4, 0.5) is 13.2 Å². The number of rotatable bonds is 5. The molecular weight excluding hydrogens is 518 g/mol. The Morgan fingerprint density at radius 1 is 1.12 bits per heavy atom. The van der Waals surface area contributed by atoms with Gasteiger partial charge >= 0.3 is 11.8 Å². The van der Waals surface area contributed by atoms with Crippen LogP contribution in [-0.4, -0.2) is 16.3 Å². The van der Waals surface area contributed by atoms with Crippen LogP contribution >= 0.6 is 46.3 Å².